The second kappa shape index (κ2) is 4.80. The van der Waals surface area contributed by atoms with Gasteiger partial charge in [-0.3, -0.25) is 4.79 Å². The van der Waals surface area contributed by atoms with Gasteiger partial charge in [-0.25, -0.2) is 0 Å². The maximum absolute atomic E-state index is 12.7. The summed E-state index contributed by atoms with van der Waals surface area (Å²) in [6.07, 6.45) is 1.04. The highest BCUT2D eigenvalue weighted by Crippen LogP contribution is 2.35. The normalized spacial score (nSPS) is 29.6. The summed E-state index contributed by atoms with van der Waals surface area (Å²) in [4.78, 5) is 14.6. The molecule has 0 spiro atoms. The van der Waals surface area contributed by atoms with Gasteiger partial charge >= 0.3 is 0 Å². The van der Waals surface area contributed by atoms with Crippen LogP contribution in [0.4, 0.5) is 0 Å². The van der Waals surface area contributed by atoms with Gasteiger partial charge in [0.1, 0.15) is 5.75 Å². The highest BCUT2D eigenvalue weighted by molar-refractivity contribution is 9.10. The molecule has 19 heavy (non-hydrogen) atoms. The van der Waals surface area contributed by atoms with Crippen molar-refractivity contribution in [3.05, 3.63) is 28.2 Å². The van der Waals surface area contributed by atoms with Crippen LogP contribution in [0.15, 0.2) is 22.7 Å². The Hall–Kier alpha value is -1.07. The quantitative estimate of drug-likeness (QED) is 0.830. The van der Waals surface area contributed by atoms with Gasteiger partial charge < -0.3 is 15.3 Å². The first-order chi connectivity index (χ1) is 9.08. The molecule has 2 saturated heterocycles. The van der Waals surface area contributed by atoms with Crippen molar-refractivity contribution >= 4 is 21.8 Å². The molecule has 4 nitrogen and oxygen atoms in total. The van der Waals surface area contributed by atoms with E-state index < -0.39 is 0 Å². The molecule has 2 heterocycles. The first kappa shape index (κ1) is 12.9. The molecule has 2 N–H and O–H groups in total. The summed E-state index contributed by atoms with van der Waals surface area (Å²) in [7, 11) is 0. The fourth-order valence-corrected chi connectivity index (χ4v) is 3.69. The van der Waals surface area contributed by atoms with Gasteiger partial charge in [0.25, 0.3) is 5.91 Å². The van der Waals surface area contributed by atoms with Crippen LogP contribution < -0.4 is 5.32 Å². The lowest BCUT2D eigenvalue weighted by atomic mass is 10.0. The minimum Gasteiger partial charge on any atom is -0.507 e. The third-order valence-corrected chi connectivity index (χ3v) is 4.70. The van der Waals surface area contributed by atoms with E-state index in [2.05, 4.69) is 28.2 Å². The molecule has 5 heteroatoms. The lowest BCUT2D eigenvalue weighted by molar-refractivity contribution is 0.0679. The molecule has 0 aliphatic carbocycles. The highest BCUT2D eigenvalue weighted by Gasteiger charge is 2.44. The van der Waals surface area contributed by atoms with E-state index in [9.17, 15) is 9.90 Å². The van der Waals surface area contributed by atoms with Crippen LogP contribution in [0.3, 0.4) is 0 Å². The van der Waals surface area contributed by atoms with E-state index in [4.69, 9.17) is 0 Å². The number of halogens is 1. The Bertz CT molecular complexity index is 520. The van der Waals surface area contributed by atoms with E-state index in [0.717, 1.165) is 24.0 Å². The van der Waals surface area contributed by atoms with Crippen molar-refractivity contribution in [1.82, 2.24) is 10.2 Å². The molecular formula is C14H17BrN2O2. The van der Waals surface area contributed by atoms with E-state index in [1.807, 2.05) is 4.90 Å². The number of hydrogen-bond acceptors (Lipinski definition) is 3. The molecule has 1 aromatic carbocycles. The third kappa shape index (κ3) is 2.15. The summed E-state index contributed by atoms with van der Waals surface area (Å²) in [6, 6.07) is 5.55. The van der Waals surface area contributed by atoms with Crippen LogP contribution in [-0.4, -0.2) is 41.1 Å². The number of rotatable bonds is 1. The molecule has 3 rings (SSSR count). The third-order valence-electron chi connectivity index (χ3n) is 4.20. The Kier molecular flexibility index (Phi) is 3.27. The monoisotopic (exact) mass is 324 g/mol. The molecule has 1 aromatic rings. The van der Waals surface area contributed by atoms with E-state index in [0.29, 0.717) is 11.5 Å². The fourth-order valence-electron chi connectivity index (χ4n) is 3.34. The Morgan fingerprint density at radius 3 is 3.00 bits per heavy atom. The number of carbonyl (C=O) groups is 1. The predicted octanol–water partition coefficient (Wildman–Crippen LogP) is 1.98. The van der Waals surface area contributed by atoms with E-state index >= 15 is 0 Å². The minimum absolute atomic E-state index is 0.0426. The van der Waals surface area contributed by atoms with Gasteiger partial charge in [-0.15, -0.1) is 0 Å². The van der Waals surface area contributed by atoms with Crippen LogP contribution in [0, 0.1) is 5.92 Å². The van der Waals surface area contributed by atoms with Gasteiger partial charge in [0.2, 0.25) is 0 Å². The number of aromatic hydroxyl groups is 1. The van der Waals surface area contributed by atoms with Gasteiger partial charge in [-0.05, 0) is 37.5 Å². The van der Waals surface area contributed by atoms with Crippen molar-refractivity contribution in [1.29, 1.82) is 0 Å². The topological polar surface area (TPSA) is 52.6 Å². The summed E-state index contributed by atoms with van der Waals surface area (Å²) in [5.74, 6) is 0.534. The van der Waals surface area contributed by atoms with Crippen LogP contribution in [-0.2, 0) is 0 Å². The molecule has 2 aliphatic rings. The molecule has 0 radical (unpaired) electrons. The second-order valence-electron chi connectivity index (χ2n) is 5.44. The molecule has 3 unspecified atom stereocenters. The summed E-state index contributed by atoms with van der Waals surface area (Å²) in [5, 5.41) is 13.3. The number of nitrogens with zero attached hydrogens (tertiary/aromatic N) is 1. The number of likely N-dealkylation sites (tertiary alicyclic amines) is 1. The molecule has 3 atom stereocenters. The van der Waals surface area contributed by atoms with Crippen molar-refractivity contribution < 1.29 is 9.90 Å². The lowest BCUT2D eigenvalue weighted by Crippen LogP contribution is -2.42. The first-order valence-electron chi connectivity index (χ1n) is 6.60. The Morgan fingerprint density at radius 1 is 1.47 bits per heavy atom. The Balaban J connectivity index is 1.90. The van der Waals surface area contributed by atoms with E-state index in [-0.39, 0.29) is 23.7 Å². The van der Waals surface area contributed by atoms with Crippen molar-refractivity contribution in [2.75, 3.05) is 13.1 Å². The standard InChI is InChI=1S/C14H17BrN2O2/c1-8-4-9-6-16-7-12(9)17(8)14(19)11-3-2-10(15)5-13(11)18/h2-3,5,8-9,12,16,18H,4,6-7H2,1H3. The van der Waals surface area contributed by atoms with E-state index in [1.54, 1.807) is 18.2 Å². The number of phenolic OH excluding ortho intramolecular Hbond substituents is 1. The predicted molar refractivity (Wildman–Crippen MR) is 76.2 cm³/mol. The molecule has 0 saturated carbocycles. The molecule has 2 fully saturated rings. The fraction of sp³-hybridized carbons (Fsp3) is 0.500. The smallest absolute Gasteiger partial charge is 0.258 e. The van der Waals surface area contributed by atoms with Crippen molar-refractivity contribution in [3.8, 4) is 5.75 Å². The number of amides is 1. The van der Waals surface area contributed by atoms with Crippen molar-refractivity contribution in [3.63, 3.8) is 0 Å². The Labute approximate surface area is 120 Å². The SMILES string of the molecule is CC1CC2CNCC2N1C(=O)c1ccc(Br)cc1O. The molecule has 1 amide bonds. The van der Waals surface area contributed by atoms with Gasteiger partial charge in [-0.2, -0.15) is 0 Å². The average molecular weight is 325 g/mol. The van der Waals surface area contributed by atoms with Crippen LogP contribution in [0.1, 0.15) is 23.7 Å². The molecule has 102 valence electrons. The summed E-state index contributed by atoms with van der Waals surface area (Å²) in [6.45, 7) is 3.94. The molecule has 0 bridgehead atoms. The number of carbonyl (C=O) groups excluding carboxylic acids is 1. The van der Waals surface area contributed by atoms with E-state index in [1.165, 1.54) is 0 Å². The summed E-state index contributed by atoms with van der Waals surface area (Å²) in [5.41, 5.74) is 0.391. The zero-order valence-electron chi connectivity index (χ0n) is 10.8. The van der Waals surface area contributed by atoms with Gasteiger partial charge in [0, 0.05) is 29.6 Å². The molecule has 0 aromatic heterocycles. The van der Waals surface area contributed by atoms with Crippen LogP contribution in [0.5, 0.6) is 5.75 Å². The molecule has 2 aliphatic heterocycles. The van der Waals surface area contributed by atoms with Crippen LogP contribution in [0.2, 0.25) is 0 Å². The summed E-state index contributed by atoms with van der Waals surface area (Å²) < 4.78 is 0.774. The molecular weight excluding hydrogens is 308 g/mol. The highest BCUT2D eigenvalue weighted by atomic mass is 79.9. The lowest BCUT2D eigenvalue weighted by Gasteiger charge is -2.28. The van der Waals surface area contributed by atoms with Crippen LogP contribution >= 0.6 is 15.9 Å². The Morgan fingerprint density at radius 2 is 2.26 bits per heavy atom. The first-order valence-corrected chi connectivity index (χ1v) is 7.39. The number of phenols is 1. The van der Waals surface area contributed by atoms with Crippen LogP contribution in [0.25, 0.3) is 0 Å². The minimum atomic E-state index is -0.0614. The second-order valence-corrected chi connectivity index (χ2v) is 6.36. The number of nitrogens with one attached hydrogen (secondary N) is 1. The number of fused-ring (bicyclic) bond motifs is 1. The van der Waals surface area contributed by atoms with Gasteiger partial charge in [0.15, 0.2) is 0 Å². The van der Waals surface area contributed by atoms with Gasteiger partial charge in [0.05, 0.1) is 5.56 Å². The number of benzene rings is 1. The zero-order chi connectivity index (χ0) is 13.6. The number of hydrogen-bond donors (Lipinski definition) is 2. The largest absolute Gasteiger partial charge is 0.507 e. The maximum Gasteiger partial charge on any atom is 0.258 e. The zero-order valence-corrected chi connectivity index (χ0v) is 12.4. The maximum atomic E-state index is 12.7. The van der Waals surface area contributed by atoms with Gasteiger partial charge in [-0.1, -0.05) is 15.9 Å². The van der Waals surface area contributed by atoms with Crippen molar-refractivity contribution in [2.45, 2.75) is 25.4 Å². The average Bonchev–Trinajstić information content (AvgIpc) is 2.87. The summed E-state index contributed by atoms with van der Waals surface area (Å²) >= 11 is 3.29. The van der Waals surface area contributed by atoms with Crippen molar-refractivity contribution in [2.24, 2.45) is 5.92 Å².